The van der Waals surface area contributed by atoms with Crippen molar-refractivity contribution in [2.24, 2.45) is 0 Å². The average Bonchev–Trinajstić information content (AvgIpc) is 3.01. The SMILES string of the molecule is COc1ccc(C(=O)/C=C/c2cn(C[C@H](O)C[NH+]3CCCCCC3)c3ccccc23)cc1OC. The lowest BCUT2D eigenvalue weighted by Gasteiger charge is -2.21. The number of aromatic nitrogens is 1. The molecule has 1 atom stereocenters. The molecule has 0 saturated carbocycles. The number of quaternary nitrogens is 1. The van der Waals surface area contributed by atoms with E-state index >= 15 is 0 Å². The molecule has 180 valence electrons. The Morgan fingerprint density at radius 3 is 2.53 bits per heavy atom. The third-order valence-electron chi connectivity index (χ3n) is 6.64. The highest BCUT2D eigenvalue weighted by molar-refractivity contribution is 6.08. The number of nitrogens with zero attached hydrogens (tertiary/aromatic N) is 1. The lowest BCUT2D eigenvalue weighted by Crippen LogP contribution is -3.13. The molecule has 6 nitrogen and oxygen atoms in total. The highest BCUT2D eigenvalue weighted by Gasteiger charge is 2.18. The van der Waals surface area contributed by atoms with Crippen molar-refractivity contribution >= 4 is 22.8 Å². The number of aliphatic hydroxyl groups is 1. The molecule has 3 aromatic rings. The van der Waals surface area contributed by atoms with Crippen molar-refractivity contribution in [1.82, 2.24) is 4.57 Å². The fraction of sp³-hybridized carbons (Fsp3) is 0.393. The van der Waals surface area contributed by atoms with E-state index in [1.165, 1.54) is 30.6 Å². The minimum absolute atomic E-state index is 0.109. The van der Waals surface area contributed by atoms with E-state index in [-0.39, 0.29) is 5.78 Å². The summed E-state index contributed by atoms with van der Waals surface area (Å²) in [5.41, 5.74) is 2.55. The van der Waals surface area contributed by atoms with Crippen LogP contribution in [0.1, 0.15) is 41.6 Å². The summed E-state index contributed by atoms with van der Waals surface area (Å²) >= 11 is 0. The summed E-state index contributed by atoms with van der Waals surface area (Å²) in [6.07, 6.45) is 10.2. The molecular weight excluding hydrogens is 428 g/mol. The minimum Gasteiger partial charge on any atom is -0.493 e. The fourth-order valence-corrected chi connectivity index (χ4v) is 4.87. The highest BCUT2D eigenvalue weighted by atomic mass is 16.5. The van der Waals surface area contributed by atoms with Gasteiger partial charge in [0.2, 0.25) is 0 Å². The zero-order valence-corrected chi connectivity index (χ0v) is 20.1. The molecule has 2 heterocycles. The van der Waals surface area contributed by atoms with Crippen LogP contribution in [0.25, 0.3) is 17.0 Å². The smallest absolute Gasteiger partial charge is 0.185 e. The zero-order chi connectivity index (χ0) is 23.9. The van der Waals surface area contributed by atoms with E-state index in [2.05, 4.69) is 16.7 Å². The van der Waals surface area contributed by atoms with Crippen LogP contribution in [0.4, 0.5) is 0 Å². The molecule has 0 radical (unpaired) electrons. The van der Waals surface area contributed by atoms with Gasteiger partial charge in [-0.05, 0) is 62.1 Å². The Labute approximate surface area is 201 Å². The van der Waals surface area contributed by atoms with Gasteiger partial charge in [0.05, 0.1) is 33.9 Å². The van der Waals surface area contributed by atoms with Crippen LogP contribution in [-0.4, -0.2) is 55.4 Å². The second-order valence-electron chi connectivity index (χ2n) is 9.04. The highest BCUT2D eigenvalue weighted by Crippen LogP contribution is 2.28. The van der Waals surface area contributed by atoms with Gasteiger partial charge in [-0.2, -0.15) is 0 Å². The standard InChI is InChI=1S/C28H34N2O4/c1-33-27-14-12-21(17-28(27)34-2)26(32)13-11-22-18-30(25-10-6-5-9-24(22)25)20-23(31)19-29-15-7-3-4-8-16-29/h5-6,9-14,17-18,23,31H,3-4,7-8,15-16,19-20H2,1-2H3/p+1/b13-11+/t23-/m1/s1. The summed E-state index contributed by atoms with van der Waals surface area (Å²) in [5, 5.41) is 11.9. The van der Waals surface area contributed by atoms with E-state index in [9.17, 15) is 9.90 Å². The number of rotatable bonds is 9. The zero-order valence-electron chi connectivity index (χ0n) is 20.1. The predicted octanol–water partition coefficient (Wildman–Crippen LogP) is 3.37. The number of allylic oxidation sites excluding steroid dienone is 1. The first kappa shape index (κ1) is 24.0. The topological polar surface area (TPSA) is 65.1 Å². The van der Waals surface area contributed by atoms with E-state index in [1.54, 1.807) is 38.5 Å². The van der Waals surface area contributed by atoms with Gasteiger partial charge in [0.25, 0.3) is 0 Å². The Morgan fingerprint density at radius 2 is 1.79 bits per heavy atom. The van der Waals surface area contributed by atoms with Gasteiger partial charge in [-0.3, -0.25) is 4.79 Å². The molecule has 6 heteroatoms. The summed E-state index contributed by atoms with van der Waals surface area (Å²) in [5.74, 6) is 1.01. The van der Waals surface area contributed by atoms with E-state index in [0.29, 0.717) is 23.6 Å². The summed E-state index contributed by atoms with van der Waals surface area (Å²) in [6.45, 7) is 3.61. The van der Waals surface area contributed by atoms with E-state index in [4.69, 9.17) is 9.47 Å². The molecule has 2 aromatic carbocycles. The molecule has 1 fully saturated rings. The molecule has 1 saturated heterocycles. The second kappa shape index (κ2) is 11.4. The van der Waals surface area contributed by atoms with Crippen LogP contribution in [0.2, 0.25) is 0 Å². The Morgan fingerprint density at radius 1 is 1.06 bits per heavy atom. The Hall–Kier alpha value is -3.09. The molecule has 1 aliphatic rings. The Kier molecular flexibility index (Phi) is 8.03. The largest absolute Gasteiger partial charge is 0.493 e. The third kappa shape index (κ3) is 5.69. The molecule has 0 spiro atoms. The number of ketones is 1. The Balaban J connectivity index is 1.51. The lowest BCUT2D eigenvalue weighted by molar-refractivity contribution is -0.902. The van der Waals surface area contributed by atoms with Gasteiger partial charge < -0.3 is 24.0 Å². The van der Waals surface area contributed by atoms with Crippen LogP contribution in [0.15, 0.2) is 54.7 Å². The number of carbonyl (C=O) groups is 1. The number of benzene rings is 2. The maximum atomic E-state index is 12.8. The first-order valence-electron chi connectivity index (χ1n) is 12.1. The number of likely N-dealkylation sites (tertiary alicyclic amines) is 1. The van der Waals surface area contributed by atoms with Gasteiger partial charge in [-0.25, -0.2) is 0 Å². The number of fused-ring (bicyclic) bond motifs is 1. The van der Waals surface area contributed by atoms with Gasteiger partial charge in [0, 0.05) is 28.2 Å². The quantitative estimate of drug-likeness (QED) is 0.377. The van der Waals surface area contributed by atoms with Gasteiger partial charge >= 0.3 is 0 Å². The van der Waals surface area contributed by atoms with Crippen molar-refractivity contribution in [2.45, 2.75) is 38.3 Å². The Bertz CT molecular complexity index is 1140. The lowest BCUT2D eigenvalue weighted by atomic mass is 10.1. The minimum atomic E-state index is -0.408. The summed E-state index contributed by atoms with van der Waals surface area (Å²) in [7, 11) is 3.13. The van der Waals surface area contributed by atoms with Crippen molar-refractivity contribution in [3.8, 4) is 11.5 Å². The first-order chi connectivity index (χ1) is 16.6. The average molecular weight is 464 g/mol. The maximum absolute atomic E-state index is 12.8. The number of aliphatic hydroxyl groups excluding tert-OH is 1. The summed E-state index contributed by atoms with van der Waals surface area (Å²) < 4.78 is 12.7. The van der Waals surface area contributed by atoms with Gasteiger partial charge in [-0.1, -0.05) is 18.2 Å². The van der Waals surface area contributed by atoms with Crippen LogP contribution >= 0.6 is 0 Å². The fourth-order valence-electron chi connectivity index (χ4n) is 4.87. The monoisotopic (exact) mass is 463 g/mol. The number of para-hydroxylation sites is 1. The van der Waals surface area contributed by atoms with Crippen molar-refractivity contribution < 1.29 is 24.3 Å². The summed E-state index contributed by atoms with van der Waals surface area (Å²) in [4.78, 5) is 14.3. The molecule has 0 aliphatic carbocycles. The number of methoxy groups -OCH3 is 2. The molecule has 1 aromatic heterocycles. The normalized spacial score (nSPS) is 16.0. The van der Waals surface area contributed by atoms with E-state index in [0.717, 1.165) is 36.1 Å². The number of nitrogens with one attached hydrogen (secondary N) is 1. The van der Waals surface area contributed by atoms with Crippen LogP contribution in [0.3, 0.4) is 0 Å². The molecule has 0 amide bonds. The van der Waals surface area contributed by atoms with Crippen molar-refractivity contribution in [3.63, 3.8) is 0 Å². The maximum Gasteiger partial charge on any atom is 0.185 e. The number of hydrogen-bond acceptors (Lipinski definition) is 4. The van der Waals surface area contributed by atoms with E-state index < -0.39 is 6.10 Å². The second-order valence-corrected chi connectivity index (χ2v) is 9.04. The van der Waals surface area contributed by atoms with Crippen LogP contribution in [0, 0.1) is 0 Å². The van der Waals surface area contributed by atoms with Gasteiger partial charge in [-0.15, -0.1) is 0 Å². The van der Waals surface area contributed by atoms with Crippen molar-refractivity contribution in [3.05, 3.63) is 65.9 Å². The molecule has 0 unspecified atom stereocenters. The van der Waals surface area contributed by atoms with Crippen LogP contribution in [-0.2, 0) is 6.54 Å². The summed E-state index contributed by atoms with van der Waals surface area (Å²) in [6, 6.07) is 13.3. The van der Waals surface area contributed by atoms with Gasteiger partial charge in [0.1, 0.15) is 12.6 Å². The number of ether oxygens (including phenoxy) is 2. The predicted molar refractivity (Wildman–Crippen MR) is 135 cm³/mol. The number of carbonyl (C=O) groups excluding carboxylic acids is 1. The molecule has 34 heavy (non-hydrogen) atoms. The number of hydrogen-bond donors (Lipinski definition) is 2. The van der Waals surface area contributed by atoms with E-state index in [1.807, 2.05) is 24.4 Å². The molecule has 4 rings (SSSR count). The molecule has 0 bridgehead atoms. The third-order valence-corrected chi connectivity index (χ3v) is 6.64. The van der Waals surface area contributed by atoms with Crippen molar-refractivity contribution in [2.75, 3.05) is 33.9 Å². The molecule has 1 aliphatic heterocycles. The molecular formula is C28H35N2O4+. The molecule has 2 N–H and O–H groups in total. The van der Waals surface area contributed by atoms with Gasteiger partial charge in [0.15, 0.2) is 17.3 Å². The van der Waals surface area contributed by atoms with Crippen molar-refractivity contribution in [1.29, 1.82) is 0 Å². The van der Waals surface area contributed by atoms with Crippen LogP contribution in [0.5, 0.6) is 11.5 Å². The van der Waals surface area contributed by atoms with Crippen LogP contribution < -0.4 is 14.4 Å². The first-order valence-corrected chi connectivity index (χ1v) is 12.1.